The quantitative estimate of drug-likeness (QED) is 0.779. The first-order chi connectivity index (χ1) is 8.17. The second-order valence-electron chi connectivity index (χ2n) is 4.18. The Hall–Kier alpha value is -1.39. The van der Waals surface area contributed by atoms with Crippen LogP contribution in [0.25, 0.3) is 0 Å². The summed E-state index contributed by atoms with van der Waals surface area (Å²) in [5.41, 5.74) is 7.20. The molecule has 1 atom stereocenters. The van der Waals surface area contributed by atoms with Crippen molar-refractivity contribution in [3.63, 3.8) is 0 Å². The Morgan fingerprint density at radius 3 is 2.59 bits per heavy atom. The molecule has 1 unspecified atom stereocenters. The summed E-state index contributed by atoms with van der Waals surface area (Å²) in [6.45, 7) is 3.75. The van der Waals surface area contributed by atoms with Gasteiger partial charge in [-0.1, -0.05) is 19.1 Å². The summed E-state index contributed by atoms with van der Waals surface area (Å²) in [6.07, 6.45) is 0. The van der Waals surface area contributed by atoms with Crippen molar-refractivity contribution in [1.29, 1.82) is 0 Å². The van der Waals surface area contributed by atoms with E-state index in [1.807, 2.05) is 19.1 Å². The van der Waals surface area contributed by atoms with Gasteiger partial charge in [0.15, 0.2) is 0 Å². The van der Waals surface area contributed by atoms with E-state index in [2.05, 4.69) is 5.32 Å². The Balaban J connectivity index is 2.51. The normalized spacial score (nSPS) is 12.2. The molecule has 4 heteroatoms. The number of methoxy groups -OCH3 is 1. The van der Waals surface area contributed by atoms with Gasteiger partial charge < -0.3 is 15.8 Å². The SMILES string of the molecule is COCc1ccc(C(=O)NCC(C)CN)cc1. The van der Waals surface area contributed by atoms with E-state index in [0.29, 0.717) is 31.2 Å². The molecule has 0 bridgehead atoms. The Labute approximate surface area is 102 Å². The first kappa shape index (κ1) is 13.7. The minimum Gasteiger partial charge on any atom is -0.380 e. The molecular formula is C13H20N2O2. The molecule has 1 rings (SSSR count). The third kappa shape index (κ3) is 4.54. The van der Waals surface area contributed by atoms with Gasteiger partial charge in [0.2, 0.25) is 0 Å². The number of ether oxygens (including phenoxy) is 1. The van der Waals surface area contributed by atoms with Crippen LogP contribution in [0.1, 0.15) is 22.8 Å². The molecule has 1 aromatic rings. The second kappa shape index (κ2) is 7.04. The third-order valence-corrected chi connectivity index (χ3v) is 2.54. The Morgan fingerprint density at radius 1 is 1.41 bits per heavy atom. The van der Waals surface area contributed by atoms with Gasteiger partial charge in [-0.2, -0.15) is 0 Å². The molecule has 0 fully saturated rings. The van der Waals surface area contributed by atoms with Crippen molar-refractivity contribution < 1.29 is 9.53 Å². The largest absolute Gasteiger partial charge is 0.380 e. The minimum absolute atomic E-state index is 0.0609. The van der Waals surface area contributed by atoms with Gasteiger partial charge in [-0.3, -0.25) is 4.79 Å². The van der Waals surface area contributed by atoms with Gasteiger partial charge in [0.1, 0.15) is 0 Å². The van der Waals surface area contributed by atoms with E-state index in [4.69, 9.17) is 10.5 Å². The number of carbonyl (C=O) groups excluding carboxylic acids is 1. The van der Waals surface area contributed by atoms with Crippen LogP contribution < -0.4 is 11.1 Å². The molecule has 0 aliphatic heterocycles. The molecule has 3 N–H and O–H groups in total. The number of hydrogen-bond acceptors (Lipinski definition) is 3. The molecule has 94 valence electrons. The average molecular weight is 236 g/mol. The van der Waals surface area contributed by atoms with Gasteiger partial charge in [-0.05, 0) is 30.2 Å². The lowest BCUT2D eigenvalue weighted by Crippen LogP contribution is -2.31. The lowest BCUT2D eigenvalue weighted by atomic mass is 10.1. The van der Waals surface area contributed by atoms with E-state index in [-0.39, 0.29) is 5.91 Å². The van der Waals surface area contributed by atoms with Crippen molar-refractivity contribution in [1.82, 2.24) is 5.32 Å². The smallest absolute Gasteiger partial charge is 0.251 e. The summed E-state index contributed by atoms with van der Waals surface area (Å²) in [7, 11) is 1.65. The standard InChI is InChI=1S/C13H20N2O2/c1-10(7-14)8-15-13(16)12-5-3-11(4-6-12)9-17-2/h3-6,10H,7-9,14H2,1-2H3,(H,15,16). The van der Waals surface area contributed by atoms with Gasteiger partial charge in [-0.25, -0.2) is 0 Å². The molecule has 0 aliphatic rings. The van der Waals surface area contributed by atoms with Crippen LogP contribution in [0.3, 0.4) is 0 Å². The van der Waals surface area contributed by atoms with Crippen molar-refractivity contribution in [2.45, 2.75) is 13.5 Å². The summed E-state index contributed by atoms with van der Waals surface area (Å²) >= 11 is 0. The van der Waals surface area contributed by atoms with Crippen LogP contribution in [0.2, 0.25) is 0 Å². The molecule has 0 radical (unpaired) electrons. The Bertz CT molecular complexity index is 349. The number of rotatable bonds is 6. The lowest BCUT2D eigenvalue weighted by Gasteiger charge is -2.10. The predicted molar refractivity (Wildman–Crippen MR) is 67.7 cm³/mol. The van der Waals surface area contributed by atoms with Crippen molar-refractivity contribution in [2.24, 2.45) is 11.7 Å². The predicted octanol–water partition coefficient (Wildman–Crippen LogP) is 1.16. The minimum atomic E-state index is -0.0609. The fourth-order valence-electron chi connectivity index (χ4n) is 1.37. The van der Waals surface area contributed by atoms with Crippen LogP contribution in [-0.4, -0.2) is 26.1 Å². The van der Waals surface area contributed by atoms with Crippen LogP contribution >= 0.6 is 0 Å². The van der Waals surface area contributed by atoms with Gasteiger partial charge >= 0.3 is 0 Å². The van der Waals surface area contributed by atoms with Crippen LogP contribution in [-0.2, 0) is 11.3 Å². The summed E-state index contributed by atoms with van der Waals surface area (Å²) in [4.78, 5) is 11.8. The fourth-order valence-corrected chi connectivity index (χ4v) is 1.37. The van der Waals surface area contributed by atoms with Crippen LogP contribution in [0.15, 0.2) is 24.3 Å². The molecule has 1 amide bonds. The topological polar surface area (TPSA) is 64.3 Å². The number of carbonyl (C=O) groups is 1. The Kier molecular flexibility index (Phi) is 5.66. The maximum Gasteiger partial charge on any atom is 0.251 e. The number of nitrogens with one attached hydrogen (secondary N) is 1. The van der Waals surface area contributed by atoms with E-state index < -0.39 is 0 Å². The van der Waals surface area contributed by atoms with Crippen molar-refractivity contribution in [3.8, 4) is 0 Å². The number of hydrogen-bond donors (Lipinski definition) is 2. The summed E-state index contributed by atoms with van der Waals surface area (Å²) in [5.74, 6) is 0.237. The lowest BCUT2D eigenvalue weighted by molar-refractivity contribution is 0.0948. The zero-order valence-corrected chi connectivity index (χ0v) is 10.4. The van der Waals surface area contributed by atoms with E-state index in [1.54, 1.807) is 19.2 Å². The van der Waals surface area contributed by atoms with E-state index >= 15 is 0 Å². The summed E-state index contributed by atoms with van der Waals surface area (Å²) in [6, 6.07) is 7.39. The van der Waals surface area contributed by atoms with E-state index in [9.17, 15) is 4.79 Å². The van der Waals surface area contributed by atoms with Crippen LogP contribution in [0.5, 0.6) is 0 Å². The maximum atomic E-state index is 11.8. The van der Waals surface area contributed by atoms with E-state index in [0.717, 1.165) is 5.56 Å². The highest BCUT2D eigenvalue weighted by Crippen LogP contribution is 2.05. The summed E-state index contributed by atoms with van der Waals surface area (Å²) < 4.78 is 5.01. The third-order valence-electron chi connectivity index (χ3n) is 2.54. The van der Waals surface area contributed by atoms with Crippen molar-refractivity contribution >= 4 is 5.91 Å². The molecule has 0 aliphatic carbocycles. The van der Waals surface area contributed by atoms with E-state index in [1.165, 1.54) is 0 Å². The highest BCUT2D eigenvalue weighted by molar-refractivity contribution is 5.94. The average Bonchev–Trinajstić information content (AvgIpc) is 2.36. The van der Waals surface area contributed by atoms with Crippen molar-refractivity contribution in [3.05, 3.63) is 35.4 Å². The summed E-state index contributed by atoms with van der Waals surface area (Å²) in [5, 5.41) is 2.85. The molecule has 0 saturated carbocycles. The highest BCUT2D eigenvalue weighted by atomic mass is 16.5. The second-order valence-corrected chi connectivity index (χ2v) is 4.18. The van der Waals surface area contributed by atoms with Gasteiger partial charge in [-0.15, -0.1) is 0 Å². The Morgan fingerprint density at radius 2 is 2.06 bits per heavy atom. The molecule has 0 aromatic heterocycles. The zero-order valence-electron chi connectivity index (χ0n) is 10.4. The highest BCUT2D eigenvalue weighted by Gasteiger charge is 2.06. The molecule has 0 spiro atoms. The molecular weight excluding hydrogens is 216 g/mol. The number of nitrogens with two attached hydrogens (primary N) is 1. The van der Waals surface area contributed by atoms with Gasteiger partial charge in [0.05, 0.1) is 6.61 Å². The van der Waals surface area contributed by atoms with Gasteiger partial charge in [0, 0.05) is 19.2 Å². The molecule has 0 heterocycles. The first-order valence-electron chi connectivity index (χ1n) is 5.73. The van der Waals surface area contributed by atoms with Gasteiger partial charge in [0.25, 0.3) is 5.91 Å². The monoisotopic (exact) mass is 236 g/mol. The first-order valence-corrected chi connectivity index (χ1v) is 5.73. The van der Waals surface area contributed by atoms with Crippen LogP contribution in [0.4, 0.5) is 0 Å². The molecule has 4 nitrogen and oxygen atoms in total. The zero-order chi connectivity index (χ0) is 12.7. The molecule has 17 heavy (non-hydrogen) atoms. The molecule has 0 saturated heterocycles. The van der Waals surface area contributed by atoms with Crippen LogP contribution in [0, 0.1) is 5.92 Å². The fraction of sp³-hybridized carbons (Fsp3) is 0.462. The van der Waals surface area contributed by atoms with Crippen molar-refractivity contribution in [2.75, 3.05) is 20.2 Å². The number of benzene rings is 1. The number of amides is 1. The maximum absolute atomic E-state index is 11.8. The molecule has 1 aromatic carbocycles.